The molecule has 0 aliphatic carbocycles. The molecule has 0 atom stereocenters. The average Bonchev–Trinajstić information content (AvgIpc) is 2.71. The van der Waals surface area contributed by atoms with Gasteiger partial charge in [-0.25, -0.2) is 4.79 Å². The van der Waals surface area contributed by atoms with Gasteiger partial charge in [-0.2, -0.15) is 0 Å². The molecule has 0 unspecified atom stereocenters. The quantitative estimate of drug-likeness (QED) is 0.281. The molecule has 0 spiro atoms. The maximum absolute atomic E-state index is 13.1. The highest BCUT2D eigenvalue weighted by atomic mass is 127. The third-order valence-corrected chi connectivity index (χ3v) is 7.33. The number of carbonyl (C=O) groups is 2. The van der Waals surface area contributed by atoms with E-state index in [1.54, 1.807) is 25.1 Å². The van der Waals surface area contributed by atoms with Gasteiger partial charge in [-0.15, -0.1) is 0 Å². The van der Waals surface area contributed by atoms with E-state index < -0.39 is 5.97 Å². The Bertz CT molecular complexity index is 933. The van der Waals surface area contributed by atoms with E-state index in [1.165, 1.54) is 0 Å². The lowest BCUT2D eigenvalue weighted by Crippen LogP contribution is -2.36. The van der Waals surface area contributed by atoms with E-state index in [0.29, 0.717) is 43.1 Å². The molecule has 9 heteroatoms. The summed E-state index contributed by atoms with van der Waals surface area (Å²) in [5, 5.41) is 2.98. The van der Waals surface area contributed by atoms with Crippen LogP contribution in [0.5, 0.6) is 0 Å². The van der Waals surface area contributed by atoms with Crippen LogP contribution in [0.3, 0.4) is 0 Å². The summed E-state index contributed by atoms with van der Waals surface area (Å²) in [6.45, 7) is 4.70. The van der Waals surface area contributed by atoms with E-state index in [0.717, 1.165) is 18.2 Å². The number of amides is 1. The molecule has 1 N–H and O–H groups in total. The number of carbonyl (C=O) groups excluding carboxylic acids is 2. The van der Waals surface area contributed by atoms with Crippen molar-refractivity contribution in [3.8, 4) is 0 Å². The minimum Gasteiger partial charge on any atom is -0.462 e. The third kappa shape index (κ3) is 5.50. The molecule has 2 aromatic carbocycles. The fraction of sp³-hybridized carbons (Fsp3) is 0.300. The molecule has 1 amide bonds. The summed E-state index contributed by atoms with van der Waals surface area (Å²) in [4.78, 5) is 27.4. The van der Waals surface area contributed by atoms with Crippen LogP contribution in [0.2, 0.25) is 0 Å². The van der Waals surface area contributed by atoms with Gasteiger partial charge in [0.1, 0.15) is 0 Å². The Hall–Kier alpha value is -1.17. The van der Waals surface area contributed by atoms with Gasteiger partial charge < -0.3 is 19.7 Å². The van der Waals surface area contributed by atoms with Crippen LogP contribution in [0.15, 0.2) is 39.3 Å². The SMILES string of the molecule is CCOC(=O)c1ccc(N2CCOCC2)c(NC(=O)c2cc(Br)cc(Br)c2I)c1. The molecule has 0 aromatic heterocycles. The molecule has 1 aliphatic rings. The Morgan fingerprint density at radius 1 is 1.21 bits per heavy atom. The van der Waals surface area contributed by atoms with Crippen LogP contribution in [0.25, 0.3) is 0 Å². The first-order valence-electron chi connectivity index (χ1n) is 9.00. The molecule has 1 saturated heterocycles. The maximum atomic E-state index is 13.1. The number of esters is 1. The van der Waals surface area contributed by atoms with Gasteiger partial charge in [0.15, 0.2) is 0 Å². The van der Waals surface area contributed by atoms with E-state index in [-0.39, 0.29) is 12.5 Å². The lowest BCUT2D eigenvalue weighted by molar-refractivity contribution is 0.0526. The summed E-state index contributed by atoms with van der Waals surface area (Å²) < 4.78 is 13.0. The van der Waals surface area contributed by atoms with E-state index in [2.05, 4.69) is 64.7 Å². The molecular formula is C20H19Br2IN2O4. The number of halogens is 3. The van der Waals surface area contributed by atoms with Gasteiger partial charge in [-0.3, -0.25) is 4.79 Å². The number of hydrogen-bond donors (Lipinski definition) is 1. The second-order valence-electron chi connectivity index (χ2n) is 6.26. The summed E-state index contributed by atoms with van der Waals surface area (Å²) in [5.74, 6) is -0.678. The minimum atomic E-state index is -0.420. The molecule has 6 nitrogen and oxygen atoms in total. The molecule has 1 aliphatic heterocycles. The standard InChI is InChI=1S/C20H19Br2IN2O4/c1-2-29-20(27)12-3-4-17(25-5-7-28-8-6-25)16(9-12)24-19(26)14-10-13(21)11-15(22)18(14)23/h3-4,9-11H,2,5-8H2,1H3,(H,24,26). The maximum Gasteiger partial charge on any atom is 0.338 e. The van der Waals surface area contributed by atoms with Crippen LogP contribution >= 0.6 is 54.5 Å². The number of morpholine rings is 1. The topological polar surface area (TPSA) is 67.9 Å². The fourth-order valence-corrected chi connectivity index (χ4v) is 4.75. The highest BCUT2D eigenvalue weighted by molar-refractivity contribution is 14.1. The van der Waals surface area contributed by atoms with Crippen molar-refractivity contribution in [2.45, 2.75) is 6.92 Å². The Kier molecular flexibility index (Phi) is 7.94. The van der Waals surface area contributed by atoms with E-state index in [9.17, 15) is 9.59 Å². The number of anilines is 2. The minimum absolute atomic E-state index is 0.257. The summed E-state index contributed by atoms with van der Waals surface area (Å²) in [6, 6.07) is 8.89. The Morgan fingerprint density at radius 2 is 1.93 bits per heavy atom. The van der Waals surface area contributed by atoms with Crippen LogP contribution in [0, 0.1) is 3.57 Å². The van der Waals surface area contributed by atoms with Crippen LogP contribution in [0.4, 0.5) is 11.4 Å². The van der Waals surface area contributed by atoms with Crippen LogP contribution in [-0.2, 0) is 9.47 Å². The van der Waals surface area contributed by atoms with Crippen molar-refractivity contribution in [2.75, 3.05) is 43.1 Å². The number of rotatable bonds is 5. The van der Waals surface area contributed by atoms with Gasteiger partial charge >= 0.3 is 5.97 Å². The first-order valence-corrected chi connectivity index (χ1v) is 11.7. The highest BCUT2D eigenvalue weighted by Crippen LogP contribution is 2.31. The lowest BCUT2D eigenvalue weighted by atomic mass is 10.1. The van der Waals surface area contributed by atoms with Crippen molar-refractivity contribution < 1.29 is 19.1 Å². The Morgan fingerprint density at radius 3 is 2.62 bits per heavy atom. The predicted molar refractivity (Wildman–Crippen MR) is 128 cm³/mol. The van der Waals surface area contributed by atoms with Gasteiger partial charge in [-0.05, 0) is 75.8 Å². The summed E-state index contributed by atoms with van der Waals surface area (Å²) in [7, 11) is 0. The zero-order valence-electron chi connectivity index (χ0n) is 15.6. The molecule has 0 radical (unpaired) electrons. The summed E-state index contributed by atoms with van der Waals surface area (Å²) >= 11 is 9.03. The smallest absolute Gasteiger partial charge is 0.338 e. The molecule has 1 heterocycles. The van der Waals surface area contributed by atoms with Gasteiger partial charge in [0.05, 0.1) is 42.3 Å². The number of hydrogen-bond acceptors (Lipinski definition) is 5. The number of nitrogens with one attached hydrogen (secondary N) is 1. The van der Waals surface area contributed by atoms with Crippen LogP contribution in [0.1, 0.15) is 27.6 Å². The van der Waals surface area contributed by atoms with Crippen LogP contribution < -0.4 is 10.2 Å². The van der Waals surface area contributed by atoms with Crippen molar-refractivity contribution in [3.63, 3.8) is 0 Å². The molecule has 0 bridgehead atoms. The fourth-order valence-electron chi connectivity index (χ4n) is 2.97. The lowest BCUT2D eigenvalue weighted by Gasteiger charge is -2.30. The van der Waals surface area contributed by atoms with Crippen molar-refractivity contribution in [1.82, 2.24) is 0 Å². The molecule has 1 fully saturated rings. The highest BCUT2D eigenvalue weighted by Gasteiger charge is 2.21. The van der Waals surface area contributed by atoms with Crippen molar-refractivity contribution in [1.29, 1.82) is 0 Å². The zero-order chi connectivity index (χ0) is 21.0. The summed E-state index contributed by atoms with van der Waals surface area (Å²) in [6.07, 6.45) is 0. The van der Waals surface area contributed by atoms with Gasteiger partial charge in [0, 0.05) is 25.6 Å². The largest absolute Gasteiger partial charge is 0.462 e. The zero-order valence-corrected chi connectivity index (χ0v) is 21.0. The van der Waals surface area contributed by atoms with E-state index >= 15 is 0 Å². The van der Waals surface area contributed by atoms with Crippen molar-refractivity contribution in [3.05, 3.63) is 54.0 Å². The number of benzene rings is 2. The second kappa shape index (κ2) is 10.2. The summed E-state index contributed by atoms with van der Waals surface area (Å²) in [5.41, 5.74) is 2.33. The monoisotopic (exact) mass is 636 g/mol. The Labute approximate surface area is 199 Å². The van der Waals surface area contributed by atoms with Gasteiger partial charge in [0.25, 0.3) is 5.91 Å². The molecule has 29 heavy (non-hydrogen) atoms. The molecule has 0 saturated carbocycles. The third-order valence-electron chi connectivity index (χ3n) is 4.35. The van der Waals surface area contributed by atoms with Gasteiger partial charge in [0.2, 0.25) is 0 Å². The van der Waals surface area contributed by atoms with Crippen LogP contribution in [-0.4, -0.2) is 44.8 Å². The number of ether oxygens (including phenoxy) is 2. The first kappa shape index (κ1) is 22.5. The van der Waals surface area contributed by atoms with E-state index in [4.69, 9.17) is 9.47 Å². The number of nitrogens with zero attached hydrogens (tertiary/aromatic N) is 1. The molecule has 154 valence electrons. The average molecular weight is 638 g/mol. The van der Waals surface area contributed by atoms with Crippen molar-refractivity contribution >= 4 is 77.7 Å². The molecule has 2 aromatic rings. The van der Waals surface area contributed by atoms with Gasteiger partial charge in [-0.1, -0.05) is 15.9 Å². The second-order valence-corrected chi connectivity index (χ2v) is 9.10. The predicted octanol–water partition coefficient (Wildman–Crippen LogP) is 5.08. The molecule has 3 rings (SSSR count). The van der Waals surface area contributed by atoms with E-state index in [1.807, 2.05) is 12.1 Å². The molecular weight excluding hydrogens is 619 g/mol. The normalized spacial score (nSPS) is 13.9. The first-order chi connectivity index (χ1) is 13.9. The Balaban J connectivity index is 1.97. The van der Waals surface area contributed by atoms with Crippen molar-refractivity contribution in [2.24, 2.45) is 0 Å².